The van der Waals surface area contributed by atoms with E-state index in [-0.39, 0.29) is 21.4 Å². The second kappa shape index (κ2) is 14.0. The van der Waals surface area contributed by atoms with Crippen molar-refractivity contribution < 1.29 is 9.59 Å². The van der Waals surface area contributed by atoms with Gasteiger partial charge in [0, 0.05) is 55.4 Å². The summed E-state index contributed by atoms with van der Waals surface area (Å²) in [5.74, 6) is -0.189. The van der Waals surface area contributed by atoms with Crippen molar-refractivity contribution in [2.45, 2.75) is 0 Å². The van der Waals surface area contributed by atoms with Crippen LogP contribution in [0.2, 0.25) is 30.1 Å². The first kappa shape index (κ1) is 31.3. The van der Waals surface area contributed by atoms with Gasteiger partial charge in [0.15, 0.2) is 5.78 Å². The molecule has 4 aromatic carbocycles. The molecule has 0 unspecified atom stereocenters. The van der Waals surface area contributed by atoms with Crippen molar-refractivity contribution in [3.8, 4) is 0 Å². The number of fused-ring (bicyclic) bond motifs is 2. The summed E-state index contributed by atoms with van der Waals surface area (Å²) in [6, 6.07) is 22.8. The van der Waals surface area contributed by atoms with E-state index < -0.39 is 5.24 Å². The molecule has 0 aliphatic heterocycles. The maximum atomic E-state index is 12.6. The highest BCUT2D eigenvalue weighted by Crippen LogP contribution is 2.30. The van der Waals surface area contributed by atoms with Gasteiger partial charge in [0.1, 0.15) is 0 Å². The van der Waals surface area contributed by atoms with Gasteiger partial charge in [-0.05, 0) is 78.3 Å². The standard InChI is InChI=1S/C15H8Cl3NO.C8H6ClN.C7H3Cl3O/c16-8-4-5-13-10(6-8)11(7-19-13)15(20)9-2-1-3-12(17)14(9)18;9-7-1-2-8-6(5-7)3-4-10-8;8-5-3-1-2-4(6(5)9)7(10)11/h1-7,19H;1-5,10H;1-3H. The normalized spacial score (nSPS) is 10.5. The zero-order chi connectivity index (χ0) is 29.7. The zero-order valence-corrected chi connectivity index (χ0v) is 25.9. The molecule has 2 heterocycles. The number of aromatic nitrogens is 2. The first-order chi connectivity index (χ1) is 19.6. The van der Waals surface area contributed by atoms with Crippen molar-refractivity contribution in [3.05, 3.63) is 138 Å². The molecule has 6 aromatic rings. The molecular weight excluding hydrogens is 669 g/mol. The highest BCUT2D eigenvalue weighted by atomic mass is 35.5. The molecule has 0 fully saturated rings. The molecule has 0 bridgehead atoms. The van der Waals surface area contributed by atoms with E-state index in [2.05, 4.69) is 9.97 Å². The van der Waals surface area contributed by atoms with Gasteiger partial charge < -0.3 is 9.97 Å². The SMILES string of the molecule is Clc1ccc2[nH]ccc2c1.O=C(Cl)c1cccc(Cl)c1Cl.O=C(c1cccc(Cl)c1Cl)c1c[nH]c2ccc(Cl)cc12. The third kappa shape index (κ3) is 7.59. The van der Waals surface area contributed by atoms with Gasteiger partial charge in [-0.3, -0.25) is 9.59 Å². The van der Waals surface area contributed by atoms with Crippen LogP contribution in [0.25, 0.3) is 21.8 Å². The number of ketones is 1. The number of aromatic amines is 2. The van der Waals surface area contributed by atoms with Crippen LogP contribution in [0.1, 0.15) is 26.3 Å². The lowest BCUT2D eigenvalue weighted by molar-refractivity contribution is 0.103. The lowest BCUT2D eigenvalue weighted by Gasteiger charge is -2.04. The van der Waals surface area contributed by atoms with Gasteiger partial charge in [0.25, 0.3) is 5.24 Å². The fourth-order valence-electron chi connectivity index (χ4n) is 3.78. The number of carbonyl (C=O) groups excluding carboxylic acids is 2. The van der Waals surface area contributed by atoms with Crippen LogP contribution in [-0.2, 0) is 0 Å². The Labute approximate surface area is 270 Å². The summed E-state index contributed by atoms with van der Waals surface area (Å²) in [6.07, 6.45) is 3.56. The topological polar surface area (TPSA) is 65.7 Å². The van der Waals surface area contributed by atoms with E-state index in [9.17, 15) is 9.59 Å². The monoisotopic (exact) mass is 682 g/mol. The number of halogens is 7. The van der Waals surface area contributed by atoms with Crippen LogP contribution >= 0.6 is 81.2 Å². The summed E-state index contributed by atoms with van der Waals surface area (Å²) < 4.78 is 0. The van der Waals surface area contributed by atoms with Crippen molar-refractivity contribution in [1.82, 2.24) is 9.97 Å². The van der Waals surface area contributed by atoms with Gasteiger partial charge >= 0.3 is 0 Å². The van der Waals surface area contributed by atoms with E-state index in [1.54, 1.807) is 48.7 Å². The lowest BCUT2D eigenvalue weighted by Crippen LogP contribution is -2.01. The second-order valence-corrected chi connectivity index (χ2v) is 11.2. The maximum Gasteiger partial charge on any atom is 0.253 e. The van der Waals surface area contributed by atoms with Crippen LogP contribution in [0.15, 0.2) is 91.3 Å². The highest BCUT2D eigenvalue weighted by Gasteiger charge is 2.18. The number of carbonyl (C=O) groups is 2. The third-order valence-corrected chi connectivity index (χ3v) is 8.07. The second-order valence-electron chi connectivity index (χ2n) is 8.41. The molecule has 0 saturated carbocycles. The van der Waals surface area contributed by atoms with Gasteiger partial charge in [0.2, 0.25) is 0 Å². The number of nitrogens with one attached hydrogen (secondary N) is 2. The molecule has 11 heteroatoms. The molecule has 0 radical (unpaired) electrons. The van der Waals surface area contributed by atoms with Crippen molar-refractivity contribution in [2.24, 2.45) is 0 Å². The van der Waals surface area contributed by atoms with Crippen LogP contribution in [0.3, 0.4) is 0 Å². The zero-order valence-electron chi connectivity index (χ0n) is 20.6. The van der Waals surface area contributed by atoms with Gasteiger partial charge in [0.05, 0.1) is 25.7 Å². The Bertz CT molecular complexity index is 1880. The van der Waals surface area contributed by atoms with E-state index in [1.807, 2.05) is 36.5 Å². The van der Waals surface area contributed by atoms with Crippen LogP contribution in [0.4, 0.5) is 0 Å². The number of rotatable bonds is 3. The molecule has 41 heavy (non-hydrogen) atoms. The van der Waals surface area contributed by atoms with Crippen molar-refractivity contribution in [1.29, 1.82) is 0 Å². The summed E-state index contributed by atoms with van der Waals surface area (Å²) in [6.45, 7) is 0. The van der Waals surface area contributed by atoms with Gasteiger partial charge in [-0.2, -0.15) is 0 Å². The molecule has 0 atom stereocenters. The minimum Gasteiger partial charge on any atom is -0.361 e. The largest absolute Gasteiger partial charge is 0.361 e. The Morgan fingerprint density at radius 3 is 1.80 bits per heavy atom. The van der Waals surface area contributed by atoms with Crippen LogP contribution in [0, 0.1) is 0 Å². The Hall–Kier alpha value is -2.67. The van der Waals surface area contributed by atoms with Crippen LogP contribution in [-0.4, -0.2) is 21.0 Å². The molecule has 6 rings (SSSR count). The molecule has 2 aromatic heterocycles. The molecule has 0 aliphatic carbocycles. The lowest BCUT2D eigenvalue weighted by atomic mass is 10.0. The van der Waals surface area contributed by atoms with E-state index in [1.165, 1.54) is 6.07 Å². The van der Waals surface area contributed by atoms with Crippen molar-refractivity contribution in [2.75, 3.05) is 0 Å². The molecule has 208 valence electrons. The van der Waals surface area contributed by atoms with E-state index in [0.717, 1.165) is 26.8 Å². The van der Waals surface area contributed by atoms with Crippen molar-refractivity contribution in [3.63, 3.8) is 0 Å². The molecule has 2 N–H and O–H groups in total. The molecule has 0 spiro atoms. The molecule has 0 amide bonds. The average Bonchev–Trinajstić information content (AvgIpc) is 3.58. The number of H-pyrrole nitrogens is 2. The number of hydrogen-bond acceptors (Lipinski definition) is 2. The fraction of sp³-hybridized carbons (Fsp3) is 0. The summed E-state index contributed by atoms with van der Waals surface area (Å²) in [7, 11) is 0. The first-order valence-electron chi connectivity index (χ1n) is 11.7. The molecule has 0 saturated heterocycles. The highest BCUT2D eigenvalue weighted by molar-refractivity contribution is 6.69. The summed E-state index contributed by atoms with van der Waals surface area (Å²) >= 11 is 40.3. The molecular formula is C30H17Cl7N2O2. The van der Waals surface area contributed by atoms with E-state index >= 15 is 0 Å². The molecule has 4 nitrogen and oxygen atoms in total. The maximum absolute atomic E-state index is 12.6. The quantitative estimate of drug-likeness (QED) is 0.144. The van der Waals surface area contributed by atoms with E-state index in [4.69, 9.17) is 81.2 Å². The Balaban J connectivity index is 0.000000156. The average molecular weight is 686 g/mol. The summed E-state index contributed by atoms with van der Waals surface area (Å²) in [5.41, 5.74) is 3.10. The Morgan fingerprint density at radius 2 is 1.17 bits per heavy atom. The van der Waals surface area contributed by atoms with E-state index in [0.29, 0.717) is 26.2 Å². The molecule has 0 aliphatic rings. The Kier molecular flexibility index (Phi) is 10.7. The van der Waals surface area contributed by atoms with Gasteiger partial charge in [-0.1, -0.05) is 81.7 Å². The minimum absolute atomic E-state index is 0.189. The van der Waals surface area contributed by atoms with Gasteiger partial charge in [-0.25, -0.2) is 0 Å². The fourth-order valence-corrected chi connectivity index (χ4v) is 5.12. The van der Waals surface area contributed by atoms with Crippen LogP contribution < -0.4 is 0 Å². The van der Waals surface area contributed by atoms with Crippen molar-refractivity contribution >= 4 is 114 Å². The first-order valence-corrected chi connectivity index (χ1v) is 14.3. The predicted octanol–water partition coefficient (Wildman–Crippen LogP) is 11.6. The number of benzene rings is 4. The Morgan fingerprint density at radius 1 is 0.585 bits per heavy atom. The smallest absolute Gasteiger partial charge is 0.253 e. The van der Waals surface area contributed by atoms with Gasteiger partial charge in [-0.15, -0.1) is 0 Å². The summed E-state index contributed by atoms with van der Waals surface area (Å²) in [4.78, 5) is 29.4. The van der Waals surface area contributed by atoms with Crippen LogP contribution in [0.5, 0.6) is 0 Å². The number of hydrogen-bond donors (Lipinski definition) is 2. The minimum atomic E-state index is -0.600. The third-order valence-electron chi connectivity index (χ3n) is 5.76. The predicted molar refractivity (Wildman–Crippen MR) is 173 cm³/mol. The summed E-state index contributed by atoms with van der Waals surface area (Å²) in [5, 5.41) is 3.83.